The second kappa shape index (κ2) is 10.4. The van der Waals surface area contributed by atoms with E-state index in [1.165, 1.54) is 37.7 Å². The Bertz CT molecular complexity index is 1220. The van der Waals surface area contributed by atoms with Crippen molar-refractivity contribution >= 4 is 0 Å². The number of hydrogen-bond donors (Lipinski definition) is 0. The first-order valence-corrected chi connectivity index (χ1v) is 12.7. The molecule has 1 nitrogen and oxygen atoms in total. The Morgan fingerprint density at radius 3 is 2.20 bits per heavy atom. The van der Waals surface area contributed by atoms with Crippen LogP contribution in [0.25, 0.3) is 22.3 Å². The van der Waals surface area contributed by atoms with Crippen LogP contribution in [0.15, 0.2) is 66.2 Å². The van der Waals surface area contributed by atoms with Crippen LogP contribution in [0.4, 0.5) is 13.2 Å². The molecule has 182 valence electrons. The summed E-state index contributed by atoms with van der Waals surface area (Å²) >= 11 is 0. The van der Waals surface area contributed by atoms with Crippen molar-refractivity contribution in [2.24, 2.45) is 5.92 Å². The van der Waals surface area contributed by atoms with E-state index in [0.29, 0.717) is 23.3 Å². The Balaban J connectivity index is 1.26. The molecule has 1 fully saturated rings. The van der Waals surface area contributed by atoms with Crippen LogP contribution in [0.2, 0.25) is 0 Å². The zero-order valence-corrected chi connectivity index (χ0v) is 20.1. The maximum absolute atomic E-state index is 15.0. The average Bonchev–Trinajstić information content (AvgIpc) is 3.71. The van der Waals surface area contributed by atoms with Crippen molar-refractivity contribution in [2.75, 3.05) is 6.61 Å². The Kier molecular flexibility index (Phi) is 7.10. The summed E-state index contributed by atoms with van der Waals surface area (Å²) < 4.78 is 49.1. The van der Waals surface area contributed by atoms with Crippen LogP contribution in [0.3, 0.4) is 0 Å². The fourth-order valence-corrected chi connectivity index (χ4v) is 5.19. The summed E-state index contributed by atoms with van der Waals surface area (Å²) in [6, 6.07) is 15.5. The second-order valence-electron chi connectivity index (χ2n) is 9.84. The van der Waals surface area contributed by atoms with Gasteiger partial charge in [0.25, 0.3) is 0 Å². The van der Waals surface area contributed by atoms with Crippen molar-refractivity contribution < 1.29 is 17.9 Å². The van der Waals surface area contributed by atoms with Gasteiger partial charge in [0, 0.05) is 16.7 Å². The Morgan fingerprint density at radius 1 is 0.857 bits per heavy atom. The predicted molar refractivity (Wildman–Crippen MR) is 135 cm³/mol. The number of benzene rings is 3. The van der Waals surface area contributed by atoms with E-state index in [1.54, 1.807) is 42.5 Å². The largest absolute Gasteiger partial charge is 0.368 e. The summed E-state index contributed by atoms with van der Waals surface area (Å²) in [7, 11) is 0. The monoisotopic (exact) mass is 476 g/mol. The van der Waals surface area contributed by atoms with Crippen LogP contribution in [0, 0.1) is 23.4 Å². The molecule has 5 rings (SSSR count). The van der Waals surface area contributed by atoms with Crippen molar-refractivity contribution in [2.45, 2.75) is 58.0 Å². The van der Waals surface area contributed by atoms with Gasteiger partial charge in [-0.2, -0.15) is 0 Å². The average molecular weight is 477 g/mol. The molecule has 3 aromatic rings. The molecule has 0 spiro atoms. The number of epoxide rings is 1. The van der Waals surface area contributed by atoms with E-state index >= 15 is 0 Å². The van der Waals surface area contributed by atoms with Gasteiger partial charge in [-0.1, -0.05) is 79.9 Å². The van der Waals surface area contributed by atoms with E-state index in [4.69, 9.17) is 4.74 Å². The first-order valence-electron chi connectivity index (χ1n) is 12.7. The van der Waals surface area contributed by atoms with Gasteiger partial charge in [-0.3, -0.25) is 0 Å². The number of ether oxygens (including phenoxy) is 1. The lowest BCUT2D eigenvalue weighted by Gasteiger charge is -2.21. The molecule has 2 aliphatic rings. The molecular formula is C31H31F3O. The van der Waals surface area contributed by atoms with Crippen molar-refractivity contribution in [1.29, 1.82) is 0 Å². The first kappa shape index (κ1) is 23.9. The van der Waals surface area contributed by atoms with Gasteiger partial charge in [-0.25, -0.2) is 13.2 Å². The summed E-state index contributed by atoms with van der Waals surface area (Å²) in [6.45, 7) is 2.67. The van der Waals surface area contributed by atoms with E-state index in [9.17, 15) is 13.2 Å². The third-order valence-corrected chi connectivity index (χ3v) is 7.38. The molecule has 2 atom stereocenters. The van der Waals surface area contributed by atoms with Gasteiger partial charge < -0.3 is 4.74 Å². The molecular weight excluding hydrogens is 445 g/mol. The summed E-state index contributed by atoms with van der Waals surface area (Å²) in [5.74, 6) is -1.17. The van der Waals surface area contributed by atoms with Crippen LogP contribution < -0.4 is 0 Å². The molecule has 1 aliphatic heterocycles. The zero-order chi connectivity index (χ0) is 24.4. The molecule has 3 aromatic carbocycles. The summed E-state index contributed by atoms with van der Waals surface area (Å²) in [4.78, 5) is 0. The van der Waals surface area contributed by atoms with Gasteiger partial charge in [0.15, 0.2) is 11.6 Å². The summed E-state index contributed by atoms with van der Waals surface area (Å²) in [6.07, 6.45) is 10.1. The lowest BCUT2D eigenvalue weighted by atomic mass is 9.85. The van der Waals surface area contributed by atoms with E-state index in [-0.39, 0.29) is 23.0 Å². The summed E-state index contributed by atoms with van der Waals surface area (Å²) in [5.41, 5.74) is 4.70. The van der Waals surface area contributed by atoms with Crippen LogP contribution in [-0.4, -0.2) is 6.61 Å². The molecule has 1 aliphatic carbocycles. The highest BCUT2D eigenvalue weighted by atomic mass is 19.2. The second-order valence-corrected chi connectivity index (χ2v) is 9.84. The molecule has 0 bridgehead atoms. The van der Waals surface area contributed by atoms with Crippen molar-refractivity contribution in [1.82, 2.24) is 0 Å². The summed E-state index contributed by atoms with van der Waals surface area (Å²) in [5, 5.41) is 0. The molecule has 0 N–H and O–H groups in total. The zero-order valence-electron chi connectivity index (χ0n) is 20.1. The maximum Gasteiger partial charge on any atom is 0.167 e. The van der Waals surface area contributed by atoms with E-state index in [2.05, 4.69) is 13.0 Å². The van der Waals surface area contributed by atoms with E-state index < -0.39 is 11.6 Å². The molecule has 1 heterocycles. The molecule has 0 saturated carbocycles. The number of halogens is 3. The van der Waals surface area contributed by atoms with Gasteiger partial charge >= 0.3 is 0 Å². The van der Waals surface area contributed by atoms with Gasteiger partial charge in [-0.15, -0.1) is 0 Å². The first-order chi connectivity index (χ1) is 17.0. The molecule has 35 heavy (non-hydrogen) atoms. The fraction of sp³-hybridized carbons (Fsp3) is 0.355. The third kappa shape index (κ3) is 5.38. The Hall–Kier alpha value is -2.85. The SMILES string of the molecule is CCCC1CC=C(CCc2ccc(-c3ccc(-c4ccc(C5CO5)c(F)c4F)cc3)c(F)c2)CC1. The normalized spacial score (nSPS) is 19.5. The van der Waals surface area contributed by atoms with E-state index in [1.807, 2.05) is 12.1 Å². The highest BCUT2D eigenvalue weighted by Crippen LogP contribution is 2.36. The number of aryl methyl sites for hydroxylation is 1. The number of hydrogen-bond acceptors (Lipinski definition) is 1. The standard InChI is InChI=1S/C31H31F3O/c1-2-3-20-4-6-21(7-5-20)8-9-22-10-15-25(28(32)18-22)23-11-13-24(14-12-23)26-16-17-27(29-19-35-29)31(34)30(26)33/h6,10-18,20,29H,2-5,7-9,19H2,1H3. The van der Waals surface area contributed by atoms with Crippen LogP contribution in [-0.2, 0) is 11.2 Å². The number of rotatable bonds is 8. The Labute approximate surface area is 205 Å². The lowest BCUT2D eigenvalue weighted by Crippen LogP contribution is -2.06. The highest BCUT2D eigenvalue weighted by Gasteiger charge is 2.30. The van der Waals surface area contributed by atoms with Crippen LogP contribution in [0.1, 0.15) is 62.7 Å². The van der Waals surface area contributed by atoms with Crippen molar-refractivity contribution in [3.63, 3.8) is 0 Å². The third-order valence-electron chi connectivity index (χ3n) is 7.38. The minimum atomic E-state index is -0.879. The smallest absolute Gasteiger partial charge is 0.167 e. The molecule has 1 saturated heterocycles. The van der Waals surface area contributed by atoms with E-state index in [0.717, 1.165) is 24.3 Å². The maximum atomic E-state index is 15.0. The van der Waals surface area contributed by atoms with Gasteiger partial charge in [0.1, 0.15) is 11.9 Å². The lowest BCUT2D eigenvalue weighted by molar-refractivity contribution is 0.401. The Morgan fingerprint density at radius 2 is 1.57 bits per heavy atom. The molecule has 0 aromatic heterocycles. The topological polar surface area (TPSA) is 12.5 Å². The quantitative estimate of drug-likeness (QED) is 0.233. The molecule has 4 heteroatoms. The highest BCUT2D eigenvalue weighted by molar-refractivity contribution is 5.71. The van der Waals surface area contributed by atoms with Crippen molar-refractivity contribution in [3.8, 4) is 22.3 Å². The van der Waals surface area contributed by atoms with Crippen LogP contribution >= 0.6 is 0 Å². The molecule has 0 radical (unpaired) electrons. The number of allylic oxidation sites excluding steroid dienone is 2. The minimum Gasteiger partial charge on any atom is -0.368 e. The molecule has 2 unspecified atom stereocenters. The van der Waals surface area contributed by atoms with Gasteiger partial charge in [-0.05, 0) is 60.8 Å². The fourth-order valence-electron chi connectivity index (χ4n) is 5.19. The predicted octanol–water partition coefficient (Wildman–Crippen LogP) is 8.97. The molecule has 0 amide bonds. The van der Waals surface area contributed by atoms with Crippen molar-refractivity contribution in [3.05, 3.63) is 94.8 Å². The van der Waals surface area contributed by atoms with Gasteiger partial charge in [0.2, 0.25) is 0 Å². The minimum absolute atomic E-state index is 0.187. The van der Waals surface area contributed by atoms with Gasteiger partial charge in [0.05, 0.1) is 6.61 Å². The van der Waals surface area contributed by atoms with Crippen LogP contribution in [0.5, 0.6) is 0 Å².